The third kappa shape index (κ3) is 5.25. The lowest BCUT2D eigenvalue weighted by Crippen LogP contribution is -2.34. The quantitative estimate of drug-likeness (QED) is 0.674. The summed E-state index contributed by atoms with van der Waals surface area (Å²) in [5.74, 6) is -0.868. The molecule has 0 radical (unpaired) electrons. The fourth-order valence-electron chi connectivity index (χ4n) is 3.00. The number of likely N-dealkylation sites (N-methyl/N-ethyl adjacent to an activating group) is 1. The molecule has 3 rings (SSSR count). The van der Waals surface area contributed by atoms with E-state index >= 15 is 0 Å². The number of hydrogen-bond donors (Lipinski definition) is 2. The summed E-state index contributed by atoms with van der Waals surface area (Å²) in [5, 5.41) is 5.71. The van der Waals surface area contributed by atoms with Crippen LogP contribution in [0.2, 0.25) is 0 Å². The molecule has 2 N–H and O–H groups in total. The van der Waals surface area contributed by atoms with Crippen LogP contribution in [-0.4, -0.2) is 42.9 Å². The van der Waals surface area contributed by atoms with Crippen molar-refractivity contribution in [2.45, 2.75) is 18.7 Å². The first-order chi connectivity index (χ1) is 14.0. The van der Waals surface area contributed by atoms with Gasteiger partial charge >= 0.3 is 0 Å². The van der Waals surface area contributed by atoms with Gasteiger partial charge in [0.05, 0.1) is 10.6 Å². The van der Waals surface area contributed by atoms with Crippen LogP contribution in [0, 0.1) is 5.82 Å². The maximum absolute atomic E-state index is 13.9. The second-order valence-electron chi connectivity index (χ2n) is 6.58. The van der Waals surface area contributed by atoms with Crippen molar-refractivity contribution in [2.24, 2.45) is 0 Å². The lowest BCUT2D eigenvalue weighted by atomic mass is 10.1. The molecule has 0 spiro atoms. The van der Waals surface area contributed by atoms with E-state index in [9.17, 15) is 14.0 Å². The first-order valence-electron chi connectivity index (χ1n) is 9.61. The summed E-state index contributed by atoms with van der Waals surface area (Å²) in [5.41, 5.74) is 1.44. The van der Waals surface area contributed by atoms with Crippen LogP contribution in [-0.2, 0) is 4.79 Å². The summed E-state index contributed by atoms with van der Waals surface area (Å²) in [6.45, 7) is 7.41. The van der Waals surface area contributed by atoms with E-state index < -0.39 is 0 Å². The minimum absolute atomic E-state index is 0.174. The third-order valence-corrected chi connectivity index (χ3v) is 5.83. The van der Waals surface area contributed by atoms with Gasteiger partial charge in [-0.2, -0.15) is 0 Å². The average molecular weight is 414 g/mol. The monoisotopic (exact) mass is 413 g/mol. The van der Waals surface area contributed by atoms with Gasteiger partial charge in [0.1, 0.15) is 5.82 Å². The Bertz CT molecular complexity index is 941. The van der Waals surface area contributed by atoms with Crippen LogP contribution in [0.25, 0.3) is 6.08 Å². The number of nitrogens with zero attached hydrogens (tertiary/aromatic N) is 1. The molecule has 2 aromatic carbocycles. The summed E-state index contributed by atoms with van der Waals surface area (Å²) in [6, 6.07) is 11.5. The standard InChI is InChI=1S/C22H24FN3O2S/c1-3-26(4-2)12-11-24-21(27)16-9-10-19-18(13-16)25-22(28)20(29-19)14-15-7-5-6-8-17(15)23/h5-10,13-14H,3-4,11-12H2,1-2H3,(H,24,27)(H,25,28)/b20-14+. The Kier molecular flexibility index (Phi) is 7.06. The average Bonchev–Trinajstić information content (AvgIpc) is 2.73. The first-order valence-corrected chi connectivity index (χ1v) is 10.4. The Morgan fingerprint density at radius 2 is 1.97 bits per heavy atom. The van der Waals surface area contributed by atoms with Gasteiger partial charge in [0, 0.05) is 29.1 Å². The Morgan fingerprint density at radius 1 is 1.21 bits per heavy atom. The number of halogens is 1. The predicted octanol–water partition coefficient (Wildman–Crippen LogP) is 3.98. The zero-order valence-corrected chi connectivity index (χ0v) is 17.3. The molecule has 5 nitrogen and oxygen atoms in total. The van der Waals surface area contributed by atoms with Gasteiger partial charge in [-0.3, -0.25) is 9.59 Å². The molecule has 29 heavy (non-hydrogen) atoms. The van der Waals surface area contributed by atoms with Gasteiger partial charge in [-0.25, -0.2) is 4.39 Å². The van der Waals surface area contributed by atoms with Gasteiger partial charge in [0.25, 0.3) is 11.8 Å². The smallest absolute Gasteiger partial charge is 0.262 e. The molecule has 0 aromatic heterocycles. The zero-order valence-electron chi connectivity index (χ0n) is 16.5. The van der Waals surface area contributed by atoms with E-state index in [-0.39, 0.29) is 17.6 Å². The van der Waals surface area contributed by atoms with Crippen molar-refractivity contribution >= 4 is 35.3 Å². The highest BCUT2D eigenvalue weighted by atomic mass is 32.2. The van der Waals surface area contributed by atoms with Crippen LogP contribution >= 0.6 is 11.8 Å². The molecular weight excluding hydrogens is 389 g/mol. The van der Waals surface area contributed by atoms with Crippen LogP contribution < -0.4 is 10.6 Å². The number of carbonyl (C=O) groups excluding carboxylic acids is 2. The van der Waals surface area contributed by atoms with Crippen LogP contribution in [0.4, 0.5) is 10.1 Å². The molecule has 1 aliphatic rings. The molecule has 0 unspecified atom stereocenters. The summed E-state index contributed by atoms with van der Waals surface area (Å²) in [4.78, 5) is 28.3. The first kappa shape index (κ1) is 21.1. The van der Waals surface area contributed by atoms with E-state index in [0.29, 0.717) is 28.3 Å². The Morgan fingerprint density at radius 3 is 2.69 bits per heavy atom. The largest absolute Gasteiger partial charge is 0.351 e. The van der Waals surface area contributed by atoms with Crippen molar-refractivity contribution in [2.75, 3.05) is 31.5 Å². The molecule has 0 bridgehead atoms. The normalized spacial score (nSPS) is 14.6. The predicted molar refractivity (Wildman–Crippen MR) is 115 cm³/mol. The number of fused-ring (bicyclic) bond motifs is 1. The number of amides is 2. The number of thioether (sulfide) groups is 1. The van der Waals surface area contributed by atoms with Gasteiger partial charge in [0.15, 0.2) is 0 Å². The molecule has 7 heteroatoms. The maximum Gasteiger partial charge on any atom is 0.262 e. The maximum atomic E-state index is 13.9. The van der Waals surface area contributed by atoms with Gasteiger partial charge in [-0.05, 0) is 43.4 Å². The summed E-state index contributed by atoms with van der Waals surface area (Å²) in [6.07, 6.45) is 1.53. The van der Waals surface area contributed by atoms with Crippen molar-refractivity contribution in [1.29, 1.82) is 0 Å². The number of benzene rings is 2. The Hall–Kier alpha value is -2.64. The second kappa shape index (κ2) is 9.71. The van der Waals surface area contributed by atoms with Crippen molar-refractivity contribution in [3.63, 3.8) is 0 Å². The molecule has 1 aliphatic heterocycles. The van der Waals surface area contributed by atoms with Gasteiger partial charge < -0.3 is 15.5 Å². The fraction of sp³-hybridized carbons (Fsp3) is 0.273. The highest BCUT2D eigenvalue weighted by molar-refractivity contribution is 8.04. The summed E-state index contributed by atoms with van der Waals surface area (Å²) < 4.78 is 13.9. The van der Waals surface area contributed by atoms with Gasteiger partial charge in [-0.1, -0.05) is 43.8 Å². The molecule has 0 atom stereocenters. The van der Waals surface area contributed by atoms with E-state index in [1.807, 2.05) is 0 Å². The molecular formula is C22H24FN3O2S. The van der Waals surface area contributed by atoms with Gasteiger partial charge in [0.2, 0.25) is 0 Å². The highest BCUT2D eigenvalue weighted by Gasteiger charge is 2.22. The Labute approximate surface area is 174 Å². The molecule has 0 saturated carbocycles. The molecule has 0 fully saturated rings. The van der Waals surface area contributed by atoms with Crippen LogP contribution in [0.3, 0.4) is 0 Å². The second-order valence-corrected chi connectivity index (χ2v) is 7.66. The van der Waals surface area contributed by atoms with Crippen LogP contribution in [0.1, 0.15) is 29.8 Å². The molecule has 1 heterocycles. The number of hydrogen-bond acceptors (Lipinski definition) is 4. The van der Waals surface area contributed by atoms with E-state index in [1.54, 1.807) is 36.4 Å². The minimum atomic E-state index is -0.379. The molecule has 0 saturated heterocycles. The minimum Gasteiger partial charge on any atom is -0.351 e. The van der Waals surface area contributed by atoms with Crippen molar-refractivity contribution in [3.05, 3.63) is 64.3 Å². The van der Waals surface area contributed by atoms with Crippen LogP contribution in [0.5, 0.6) is 0 Å². The number of rotatable bonds is 7. The highest BCUT2D eigenvalue weighted by Crippen LogP contribution is 2.39. The van der Waals surface area contributed by atoms with Crippen molar-refractivity contribution in [1.82, 2.24) is 10.2 Å². The molecule has 0 aliphatic carbocycles. The van der Waals surface area contributed by atoms with E-state index in [1.165, 1.54) is 23.9 Å². The van der Waals surface area contributed by atoms with E-state index in [0.717, 1.165) is 24.5 Å². The summed E-state index contributed by atoms with van der Waals surface area (Å²) in [7, 11) is 0. The Balaban J connectivity index is 1.70. The van der Waals surface area contributed by atoms with Crippen molar-refractivity contribution < 1.29 is 14.0 Å². The number of nitrogens with one attached hydrogen (secondary N) is 2. The van der Waals surface area contributed by atoms with E-state index in [2.05, 4.69) is 29.4 Å². The summed E-state index contributed by atoms with van der Waals surface area (Å²) >= 11 is 1.26. The van der Waals surface area contributed by atoms with Crippen molar-refractivity contribution in [3.8, 4) is 0 Å². The topological polar surface area (TPSA) is 61.4 Å². The lowest BCUT2D eigenvalue weighted by molar-refractivity contribution is -0.112. The third-order valence-electron chi connectivity index (χ3n) is 4.73. The fourth-order valence-corrected chi connectivity index (χ4v) is 3.93. The number of carbonyl (C=O) groups is 2. The molecule has 152 valence electrons. The zero-order chi connectivity index (χ0) is 20.8. The lowest BCUT2D eigenvalue weighted by Gasteiger charge is -2.20. The molecule has 2 aromatic rings. The number of anilines is 1. The van der Waals surface area contributed by atoms with Crippen LogP contribution in [0.15, 0.2) is 52.3 Å². The SMILES string of the molecule is CCN(CC)CCNC(=O)c1ccc2c(c1)NC(=O)/C(=C\c1ccccc1F)S2. The van der Waals surface area contributed by atoms with Gasteiger partial charge in [-0.15, -0.1) is 0 Å². The molecule has 2 amide bonds. The van der Waals surface area contributed by atoms with E-state index in [4.69, 9.17) is 0 Å².